The molecule has 6 heteroatoms. The first-order valence-electron chi connectivity index (χ1n) is 6.84. The monoisotopic (exact) mass is 306 g/mol. The van der Waals surface area contributed by atoms with Crippen molar-refractivity contribution in [3.63, 3.8) is 0 Å². The van der Waals surface area contributed by atoms with E-state index in [1.54, 1.807) is 6.07 Å². The molecule has 0 radical (unpaired) electrons. The van der Waals surface area contributed by atoms with Gasteiger partial charge in [0.15, 0.2) is 5.78 Å². The Labute approximate surface area is 126 Å². The molecule has 0 fully saturated rings. The van der Waals surface area contributed by atoms with Crippen molar-refractivity contribution in [1.82, 2.24) is 9.13 Å². The maximum Gasteiger partial charge on any atom is 0.331 e. The van der Waals surface area contributed by atoms with Gasteiger partial charge in [-0.25, -0.2) is 4.79 Å². The third-order valence-corrected chi connectivity index (χ3v) is 4.21. The number of hydrogen-bond donors (Lipinski definition) is 0. The van der Waals surface area contributed by atoms with Crippen molar-refractivity contribution in [2.45, 2.75) is 40.3 Å². The number of nitrogens with zero attached hydrogens (tertiary/aromatic N) is 2. The molecule has 0 N–H and O–H groups in total. The molecule has 0 saturated heterocycles. The number of aryl methyl sites for hydroxylation is 3. The summed E-state index contributed by atoms with van der Waals surface area (Å²) in [7, 11) is 0. The fraction of sp³-hybridized carbons (Fsp3) is 0.400. The Kier molecular flexibility index (Phi) is 4.57. The van der Waals surface area contributed by atoms with E-state index < -0.39 is 11.2 Å². The Hall–Kier alpha value is -1.95. The van der Waals surface area contributed by atoms with Crippen molar-refractivity contribution in [3.05, 3.63) is 54.5 Å². The molecule has 2 rings (SSSR count). The highest BCUT2D eigenvalue weighted by atomic mass is 32.1. The van der Waals surface area contributed by atoms with E-state index in [9.17, 15) is 14.4 Å². The van der Waals surface area contributed by atoms with E-state index >= 15 is 0 Å². The topological polar surface area (TPSA) is 61.1 Å². The van der Waals surface area contributed by atoms with Crippen molar-refractivity contribution >= 4 is 17.1 Å². The Morgan fingerprint density at radius 1 is 1.29 bits per heavy atom. The van der Waals surface area contributed by atoms with Crippen molar-refractivity contribution < 1.29 is 4.79 Å². The summed E-state index contributed by atoms with van der Waals surface area (Å²) in [5, 5.41) is 0. The van der Waals surface area contributed by atoms with Crippen LogP contribution in [0.5, 0.6) is 0 Å². The van der Waals surface area contributed by atoms with Crippen molar-refractivity contribution in [2.75, 3.05) is 0 Å². The third kappa shape index (κ3) is 3.21. The van der Waals surface area contributed by atoms with Crippen LogP contribution < -0.4 is 11.2 Å². The van der Waals surface area contributed by atoms with Gasteiger partial charge in [-0.2, -0.15) is 0 Å². The molecular weight excluding hydrogens is 288 g/mol. The number of carbonyl (C=O) groups excluding carboxylic acids is 1. The van der Waals surface area contributed by atoms with Crippen LogP contribution in [0.2, 0.25) is 0 Å². The summed E-state index contributed by atoms with van der Waals surface area (Å²) in [4.78, 5) is 38.3. The molecule has 0 saturated carbocycles. The van der Waals surface area contributed by atoms with Crippen LogP contribution in [0.4, 0.5) is 0 Å². The minimum absolute atomic E-state index is 0.203. The molecule has 112 valence electrons. The molecule has 0 bridgehead atoms. The van der Waals surface area contributed by atoms with Gasteiger partial charge in [-0.1, -0.05) is 6.92 Å². The lowest BCUT2D eigenvalue weighted by atomic mass is 10.1. The molecule has 2 heterocycles. The Morgan fingerprint density at radius 3 is 2.57 bits per heavy atom. The predicted molar refractivity (Wildman–Crippen MR) is 83.4 cm³/mol. The van der Waals surface area contributed by atoms with E-state index in [0.29, 0.717) is 12.1 Å². The lowest BCUT2D eigenvalue weighted by Crippen LogP contribution is -2.40. The smallest absolute Gasteiger partial charge is 0.300 e. The van der Waals surface area contributed by atoms with Gasteiger partial charge in [-0.15, -0.1) is 11.3 Å². The summed E-state index contributed by atoms with van der Waals surface area (Å²) in [5.41, 5.74) is -0.276. The van der Waals surface area contributed by atoms with E-state index in [4.69, 9.17) is 0 Å². The zero-order chi connectivity index (χ0) is 15.6. The summed E-state index contributed by atoms with van der Waals surface area (Å²) in [6, 6.07) is 3.14. The van der Waals surface area contributed by atoms with Gasteiger partial charge in [0.2, 0.25) is 0 Å². The van der Waals surface area contributed by atoms with Crippen LogP contribution in [-0.2, 0) is 13.1 Å². The quantitative estimate of drug-likeness (QED) is 0.794. The maximum atomic E-state index is 12.3. The number of Topliss-reactive ketones (excluding diaryl/α,β-unsaturated/α-hetero) is 1. The molecule has 2 aromatic rings. The minimum atomic E-state index is -0.440. The standard InChI is InChI=1S/C15H18N2O3S/c1-4-6-16-7-5-14(19)17(15(16)20)9-13(18)12-8-10(2)21-11(12)3/h5,7-8H,4,6,9H2,1-3H3. The highest BCUT2D eigenvalue weighted by Crippen LogP contribution is 2.21. The SMILES string of the molecule is CCCn1ccc(=O)n(CC(=O)c2cc(C)sc2C)c1=O. The van der Waals surface area contributed by atoms with Gasteiger partial charge in [-0.3, -0.25) is 14.2 Å². The third-order valence-electron chi connectivity index (χ3n) is 3.25. The van der Waals surface area contributed by atoms with Gasteiger partial charge >= 0.3 is 5.69 Å². The summed E-state index contributed by atoms with van der Waals surface area (Å²) in [6.45, 7) is 6.07. The molecule has 5 nitrogen and oxygen atoms in total. The van der Waals surface area contributed by atoms with Crippen LogP contribution in [0.15, 0.2) is 27.9 Å². The number of carbonyl (C=O) groups is 1. The molecule has 0 aromatic carbocycles. The zero-order valence-corrected chi connectivity index (χ0v) is 13.2. The van der Waals surface area contributed by atoms with Crippen LogP contribution >= 0.6 is 11.3 Å². The average molecular weight is 306 g/mol. The zero-order valence-electron chi connectivity index (χ0n) is 12.4. The number of thiophene rings is 1. The molecule has 0 spiro atoms. The van der Waals surface area contributed by atoms with Gasteiger partial charge in [0.25, 0.3) is 5.56 Å². The van der Waals surface area contributed by atoms with E-state index in [0.717, 1.165) is 20.7 Å². The normalized spacial score (nSPS) is 10.8. The summed E-state index contributed by atoms with van der Waals surface area (Å²) in [6.07, 6.45) is 2.27. The molecule has 0 atom stereocenters. The largest absolute Gasteiger partial charge is 0.331 e. The Morgan fingerprint density at radius 2 is 2.00 bits per heavy atom. The molecule has 0 aliphatic rings. The van der Waals surface area contributed by atoms with Crippen LogP contribution in [0.1, 0.15) is 33.5 Å². The second-order valence-corrected chi connectivity index (χ2v) is 6.43. The highest BCUT2D eigenvalue weighted by Gasteiger charge is 2.15. The first-order valence-corrected chi connectivity index (χ1v) is 7.66. The summed E-state index contributed by atoms with van der Waals surface area (Å²) < 4.78 is 2.46. The van der Waals surface area contributed by atoms with Crippen molar-refractivity contribution in [2.24, 2.45) is 0 Å². The Bertz CT molecular complexity index is 783. The second kappa shape index (κ2) is 6.22. The molecule has 0 aliphatic heterocycles. The molecular formula is C15H18N2O3S. The van der Waals surface area contributed by atoms with E-state index in [2.05, 4.69) is 0 Å². The fourth-order valence-electron chi connectivity index (χ4n) is 2.25. The number of aromatic nitrogens is 2. The van der Waals surface area contributed by atoms with Gasteiger partial charge in [0.1, 0.15) is 0 Å². The minimum Gasteiger partial charge on any atom is -0.300 e. The Balaban J connectivity index is 2.37. The fourth-order valence-corrected chi connectivity index (χ4v) is 3.19. The van der Waals surface area contributed by atoms with Crippen LogP contribution in [0, 0.1) is 13.8 Å². The van der Waals surface area contributed by atoms with Crippen LogP contribution in [0.25, 0.3) is 0 Å². The molecule has 0 aliphatic carbocycles. The number of rotatable bonds is 5. The van der Waals surface area contributed by atoms with Gasteiger partial charge in [-0.05, 0) is 26.3 Å². The molecule has 0 amide bonds. The van der Waals surface area contributed by atoms with Gasteiger partial charge < -0.3 is 4.57 Å². The summed E-state index contributed by atoms with van der Waals surface area (Å²) in [5.74, 6) is -0.203. The van der Waals surface area contributed by atoms with Crippen molar-refractivity contribution in [3.8, 4) is 0 Å². The van der Waals surface area contributed by atoms with Crippen LogP contribution in [0.3, 0.4) is 0 Å². The van der Waals surface area contributed by atoms with Gasteiger partial charge in [0.05, 0.1) is 6.54 Å². The molecule has 21 heavy (non-hydrogen) atoms. The summed E-state index contributed by atoms with van der Waals surface area (Å²) >= 11 is 1.54. The molecule has 2 aromatic heterocycles. The maximum absolute atomic E-state index is 12.3. The lowest BCUT2D eigenvalue weighted by molar-refractivity contribution is 0.0968. The van der Waals surface area contributed by atoms with Crippen molar-refractivity contribution in [1.29, 1.82) is 0 Å². The number of ketones is 1. The first kappa shape index (κ1) is 15.4. The highest BCUT2D eigenvalue weighted by molar-refractivity contribution is 7.12. The van der Waals surface area contributed by atoms with Gasteiger partial charge in [0, 0.05) is 34.1 Å². The number of hydrogen-bond acceptors (Lipinski definition) is 4. The lowest BCUT2D eigenvalue weighted by Gasteiger charge is -2.08. The van der Waals surface area contributed by atoms with E-state index in [1.165, 1.54) is 28.2 Å². The van der Waals surface area contributed by atoms with Crippen LogP contribution in [-0.4, -0.2) is 14.9 Å². The van der Waals surface area contributed by atoms with E-state index in [1.807, 2.05) is 20.8 Å². The predicted octanol–water partition coefficient (Wildman–Crippen LogP) is 1.98. The second-order valence-electron chi connectivity index (χ2n) is 4.97. The first-order chi connectivity index (χ1) is 9.93. The average Bonchev–Trinajstić information content (AvgIpc) is 2.77. The molecule has 0 unspecified atom stereocenters. The van der Waals surface area contributed by atoms with E-state index in [-0.39, 0.29) is 12.3 Å².